The number of H-pyrrole nitrogens is 1. The molecule has 0 saturated heterocycles. The van der Waals surface area contributed by atoms with Gasteiger partial charge >= 0.3 is 6.36 Å². The molecule has 0 fully saturated rings. The van der Waals surface area contributed by atoms with E-state index in [1.165, 1.54) is 18.2 Å². The van der Waals surface area contributed by atoms with Crippen molar-refractivity contribution < 1.29 is 35.5 Å². The summed E-state index contributed by atoms with van der Waals surface area (Å²) in [6, 6.07) is 7.14. The summed E-state index contributed by atoms with van der Waals surface area (Å²) >= 11 is 0. The number of alkyl halides is 3. The van der Waals surface area contributed by atoms with Crippen LogP contribution < -0.4 is 14.2 Å². The second-order valence-electron chi connectivity index (χ2n) is 6.66. The molecule has 0 unspecified atom stereocenters. The average Bonchev–Trinajstić information content (AvgIpc) is 2.97. The number of fused-ring (bicyclic) bond motifs is 1. The minimum Gasteiger partial charge on any atom is -0.491 e. The summed E-state index contributed by atoms with van der Waals surface area (Å²) in [5, 5.41) is 0.499. The first kappa shape index (κ1) is 22.9. The van der Waals surface area contributed by atoms with Crippen molar-refractivity contribution in [3.05, 3.63) is 53.5 Å². The van der Waals surface area contributed by atoms with E-state index in [2.05, 4.69) is 14.4 Å². The highest BCUT2D eigenvalue weighted by molar-refractivity contribution is 7.89. The van der Waals surface area contributed by atoms with E-state index in [9.17, 15) is 26.0 Å². The van der Waals surface area contributed by atoms with Crippen LogP contribution in [0.1, 0.15) is 18.2 Å². The van der Waals surface area contributed by atoms with Crippen LogP contribution >= 0.6 is 0 Å². The van der Waals surface area contributed by atoms with Gasteiger partial charge in [-0.3, -0.25) is 0 Å². The first-order valence-corrected chi connectivity index (χ1v) is 10.8. The minimum atomic E-state index is -4.82. The van der Waals surface area contributed by atoms with Gasteiger partial charge in [0, 0.05) is 29.2 Å². The number of nitrogens with one attached hydrogen (secondary N) is 2. The van der Waals surface area contributed by atoms with Crippen LogP contribution in [0.15, 0.2) is 41.3 Å². The van der Waals surface area contributed by atoms with Crippen LogP contribution in [0.4, 0.5) is 17.6 Å². The van der Waals surface area contributed by atoms with Crippen molar-refractivity contribution in [3.8, 4) is 11.5 Å². The number of sulfonamides is 1. The Morgan fingerprint density at radius 3 is 2.55 bits per heavy atom. The van der Waals surface area contributed by atoms with Crippen LogP contribution in [0, 0.1) is 12.7 Å². The smallest absolute Gasteiger partial charge is 0.491 e. The molecule has 0 bridgehead atoms. The Morgan fingerprint density at radius 1 is 1.13 bits per heavy atom. The van der Waals surface area contributed by atoms with Gasteiger partial charge in [0.05, 0.1) is 11.5 Å². The summed E-state index contributed by atoms with van der Waals surface area (Å²) in [7, 11) is -3.95. The number of hydrogen-bond donors (Lipinski definition) is 2. The molecule has 3 aromatic rings. The second-order valence-corrected chi connectivity index (χ2v) is 8.42. The number of ether oxygens (including phenoxy) is 2. The number of hydrogen-bond acceptors (Lipinski definition) is 4. The van der Waals surface area contributed by atoms with Gasteiger partial charge in [-0.15, -0.1) is 13.2 Å². The molecule has 168 valence electrons. The molecule has 2 aromatic carbocycles. The van der Waals surface area contributed by atoms with Gasteiger partial charge in [0.15, 0.2) is 11.6 Å². The van der Waals surface area contributed by atoms with Gasteiger partial charge in [0.2, 0.25) is 10.0 Å². The lowest BCUT2D eigenvalue weighted by atomic mass is 10.1. The fourth-order valence-corrected chi connectivity index (χ4v) is 4.24. The fourth-order valence-electron chi connectivity index (χ4n) is 3.19. The van der Waals surface area contributed by atoms with Crippen molar-refractivity contribution in [1.29, 1.82) is 0 Å². The van der Waals surface area contributed by atoms with Crippen LogP contribution in [0.5, 0.6) is 11.5 Å². The molecule has 0 aliphatic heterocycles. The van der Waals surface area contributed by atoms with Crippen LogP contribution in [-0.2, 0) is 16.4 Å². The van der Waals surface area contributed by atoms with E-state index in [1.54, 1.807) is 13.8 Å². The number of halogens is 4. The molecule has 1 heterocycles. The first-order chi connectivity index (χ1) is 14.5. The molecule has 3 rings (SSSR count). The van der Waals surface area contributed by atoms with Crippen LogP contribution in [0.3, 0.4) is 0 Å². The van der Waals surface area contributed by atoms with E-state index >= 15 is 0 Å². The number of rotatable bonds is 8. The third-order valence-electron chi connectivity index (χ3n) is 4.50. The van der Waals surface area contributed by atoms with E-state index in [1.807, 2.05) is 0 Å². The van der Waals surface area contributed by atoms with Gasteiger partial charge in [-0.2, -0.15) is 0 Å². The van der Waals surface area contributed by atoms with Crippen molar-refractivity contribution in [1.82, 2.24) is 9.71 Å². The molecule has 0 spiro atoms. The summed E-state index contributed by atoms with van der Waals surface area (Å²) in [4.78, 5) is 2.89. The van der Waals surface area contributed by atoms with Crippen molar-refractivity contribution >= 4 is 20.9 Å². The second kappa shape index (κ2) is 8.75. The highest BCUT2D eigenvalue weighted by Crippen LogP contribution is 2.30. The molecule has 2 N–H and O–H groups in total. The summed E-state index contributed by atoms with van der Waals surface area (Å²) in [5.41, 5.74) is 1.95. The maximum Gasteiger partial charge on any atom is 0.573 e. The topological polar surface area (TPSA) is 80.4 Å². The number of aromatic amines is 1. The van der Waals surface area contributed by atoms with Gasteiger partial charge in [0.1, 0.15) is 5.75 Å². The minimum absolute atomic E-state index is 0.0260. The van der Waals surface area contributed by atoms with Crippen molar-refractivity contribution in [2.75, 3.05) is 13.2 Å². The standard InChI is InChI=1S/C20H20F4N2O4S/c1-3-29-19-11-14(5-6-17(19)21)31(27,28)25-9-8-15-12(2)26-18-7-4-13(10-16(15)18)30-20(22,23)24/h4-7,10-11,25-26H,3,8-9H2,1-2H3. The summed E-state index contributed by atoms with van der Waals surface area (Å²) in [6.07, 6.45) is -4.61. The molecule has 11 heteroatoms. The van der Waals surface area contributed by atoms with Crippen LogP contribution in [-0.4, -0.2) is 32.9 Å². The molecule has 6 nitrogen and oxygen atoms in total. The predicted molar refractivity (Wildman–Crippen MR) is 106 cm³/mol. The highest BCUT2D eigenvalue weighted by atomic mass is 32.2. The zero-order valence-corrected chi connectivity index (χ0v) is 17.5. The van der Waals surface area contributed by atoms with E-state index in [4.69, 9.17) is 4.74 Å². The average molecular weight is 460 g/mol. The predicted octanol–water partition coefficient (Wildman–Crippen LogP) is 4.43. The Kier molecular flexibility index (Phi) is 6.46. The Hall–Kier alpha value is -2.79. The lowest BCUT2D eigenvalue weighted by Crippen LogP contribution is -2.26. The molecule has 0 atom stereocenters. The number of aromatic nitrogens is 1. The van der Waals surface area contributed by atoms with E-state index in [-0.39, 0.29) is 36.0 Å². The fraction of sp³-hybridized carbons (Fsp3) is 0.300. The largest absolute Gasteiger partial charge is 0.573 e. The Balaban J connectivity index is 1.77. The normalized spacial score (nSPS) is 12.3. The Morgan fingerprint density at radius 2 is 1.87 bits per heavy atom. The summed E-state index contributed by atoms with van der Waals surface area (Å²) in [6.45, 7) is 3.53. The highest BCUT2D eigenvalue weighted by Gasteiger charge is 2.31. The molecule has 31 heavy (non-hydrogen) atoms. The molecule has 0 saturated carbocycles. The van der Waals surface area contributed by atoms with Crippen LogP contribution in [0.2, 0.25) is 0 Å². The van der Waals surface area contributed by atoms with Gasteiger partial charge in [-0.05, 0) is 56.2 Å². The van der Waals surface area contributed by atoms with Crippen molar-refractivity contribution in [3.63, 3.8) is 0 Å². The van der Waals surface area contributed by atoms with Gasteiger partial charge in [-0.25, -0.2) is 17.5 Å². The zero-order chi connectivity index (χ0) is 22.8. The van der Waals surface area contributed by atoms with Gasteiger partial charge in [0.25, 0.3) is 0 Å². The Labute approximate surface area is 176 Å². The maximum atomic E-state index is 13.7. The molecule has 0 aliphatic carbocycles. The summed E-state index contributed by atoms with van der Waals surface area (Å²) < 4.78 is 87.8. The summed E-state index contributed by atoms with van der Waals surface area (Å²) in [5.74, 6) is -1.21. The van der Waals surface area contributed by atoms with Crippen LogP contribution in [0.25, 0.3) is 10.9 Å². The van der Waals surface area contributed by atoms with E-state index in [0.717, 1.165) is 18.2 Å². The van der Waals surface area contributed by atoms with E-state index in [0.29, 0.717) is 22.2 Å². The van der Waals surface area contributed by atoms with Gasteiger partial charge in [-0.1, -0.05) is 0 Å². The number of benzene rings is 2. The molecular weight excluding hydrogens is 440 g/mol. The first-order valence-electron chi connectivity index (χ1n) is 9.29. The molecular formula is C20H20F4N2O4S. The van der Waals surface area contributed by atoms with Crippen molar-refractivity contribution in [2.45, 2.75) is 31.5 Å². The SMILES string of the molecule is CCOc1cc(S(=O)(=O)NCCc2c(C)[nH]c3ccc(OC(F)(F)F)cc23)ccc1F. The maximum absolute atomic E-state index is 13.7. The number of aryl methyl sites for hydroxylation is 1. The molecule has 0 radical (unpaired) electrons. The quantitative estimate of drug-likeness (QED) is 0.488. The zero-order valence-electron chi connectivity index (χ0n) is 16.6. The van der Waals surface area contributed by atoms with E-state index < -0.39 is 22.2 Å². The lowest BCUT2D eigenvalue weighted by Gasteiger charge is -2.10. The molecule has 0 aliphatic rings. The lowest BCUT2D eigenvalue weighted by molar-refractivity contribution is -0.274. The molecule has 0 amide bonds. The molecule has 1 aromatic heterocycles. The van der Waals surface area contributed by atoms with Gasteiger partial charge < -0.3 is 14.5 Å². The Bertz CT molecular complexity index is 1190. The third-order valence-corrected chi connectivity index (χ3v) is 5.96. The third kappa shape index (κ3) is 5.47. The van der Waals surface area contributed by atoms with Crippen molar-refractivity contribution in [2.24, 2.45) is 0 Å². The monoisotopic (exact) mass is 460 g/mol.